The van der Waals surface area contributed by atoms with E-state index in [9.17, 15) is 12.9 Å². The smallest absolute Gasteiger partial charge is 0.448 e. The van der Waals surface area contributed by atoms with Crippen LogP contribution in [0.4, 0.5) is 12.9 Å². The summed E-state index contributed by atoms with van der Waals surface area (Å²) in [6.45, 7) is -4.75. The van der Waals surface area contributed by atoms with E-state index in [1.165, 1.54) is 10.9 Å². The van der Waals surface area contributed by atoms with Crippen LogP contribution >= 0.6 is 0 Å². The number of rotatable bonds is 2. The summed E-state index contributed by atoms with van der Waals surface area (Å²) in [4.78, 5) is 4.01. The van der Waals surface area contributed by atoms with Crippen molar-refractivity contribution in [2.45, 2.75) is 32.1 Å². The molecule has 78 valence electrons. The summed E-state index contributed by atoms with van der Waals surface area (Å²) in [5.74, 6) is 0. The van der Waals surface area contributed by atoms with Gasteiger partial charge in [0.1, 0.15) is 0 Å². The molecule has 0 radical (unpaired) electrons. The number of halogens is 3. The summed E-state index contributed by atoms with van der Waals surface area (Å²) in [5, 5.41) is 0. The molecule has 1 aliphatic rings. The first kappa shape index (κ1) is 13.8. The van der Waals surface area contributed by atoms with Gasteiger partial charge in [0, 0.05) is 5.69 Å². The van der Waals surface area contributed by atoms with Gasteiger partial charge >= 0.3 is 58.4 Å². The Labute approximate surface area is 129 Å². The molecule has 2 rings (SSSR count). The maximum atomic E-state index is 12.2. The largest absolute Gasteiger partial charge is 1.00 e. The van der Waals surface area contributed by atoms with E-state index in [-0.39, 0.29) is 51.4 Å². The maximum absolute atomic E-state index is 12.2. The van der Waals surface area contributed by atoms with Crippen LogP contribution in [0.1, 0.15) is 24.2 Å². The molecule has 1 aromatic heterocycles. The predicted octanol–water partition coefficient (Wildman–Crippen LogP) is -0.847. The minimum Gasteiger partial charge on any atom is -0.448 e. The van der Waals surface area contributed by atoms with Crippen LogP contribution in [0.3, 0.4) is 0 Å². The minimum atomic E-state index is -4.75. The molecule has 0 saturated carbocycles. The van der Waals surface area contributed by atoms with Crippen LogP contribution in [-0.2, 0) is 19.3 Å². The van der Waals surface area contributed by atoms with Crippen molar-refractivity contribution in [2.75, 3.05) is 0 Å². The molecular formula is C8H11BF3KN2. The molecule has 0 unspecified atom stereocenters. The van der Waals surface area contributed by atoms with Crippen LogP contribution in [0.15, 0.2) is 6.33 Å². The molecule has 7 heteroatoms. The molecule has 0 bridgehead atoms. The minimum absolute atomic E-state index is 0. The fourth-order valence-electron chi connectivity index (χ4n) is 1.91. The van der Waals surface area contributed by atoms with Crippen molar-refractivity contribution < 1.29 is 64.3 Å². The Kier molecular flexibility index (Phi) is 4.91. The van der Waals surface area contributed by atoms with E-state index in [4.69, 9.17) is 0 Å². The Bertz CT molecular complexity index is 337. The van der Waals surface area contributed by atoms with Gasteiger partial charge in [-0.2, -0.15) is 0 Å². The maximum Gasteiger partial charge on any atom is 1.00 e. The molecule has 1 heterocycles. The topological polar surface area (TPSA) is 17.8 Å². The summed E-state index contributed by atoms with van der Waals surface area (Å²) in [5.41, 5.74) is 1.65. The van der Waals surface area contributed by atoms with Crippen molar-refractivity contribution in [3.63, 3.8) is 0 Å². The quantitative estimate of drug-likeness (QED) is 0.618. The Morgan fingerprint density at radius 1 is 1.27 bits per heavy atom. The summed E-state index contributed by atoms with van der Waals surface area (Å²) in [6.07, 6.45) is 4.06. The SMILES string of the molecule is F[B-](F)(F)Cn1cnc2c1CCCC2.[K+]. The van der Waals surface area contributed by atoms with E-state index >= 15 is 0 Å². The molecule has 0 N–H and O–H groups in total. The number of imidazole rings is 1. The standard InChI is InChI=1S/C8H11BF3N2.K/c10-9(11,12)5-14-6-13-7-3-1-2-4-8(7)14;/h6H,1-5H2;/q-1;+1. The van der Waals surface area contributed by atoms with Gasteiger partial charge in [-0.1, -0.05) is 0 Å². The number of hydrogen-bond acceptors (Lipinski definition) is 1. The van der Waals surface area contributed by atoms with Crippen molar-refractivity contribution in [1.82, 2.24) is 9.55 Å². The summed E-state index contributed by atoms with van der Waals surface area (Å²) in [7, 11) is 0. The zero-order valence-corrected chi connectivity index (χ0v) is 11.8. The van der Waals surface area contributed by atoms with Gasteiger partial charge in [0.25, 0.3) is 0 Å². The molecule has 15 heavy (non-hydrogen) atoms. The fraction of sp³-hybridized carbons (Fsp3) is 0.625. The molecule has 0 amide bonds. The van der Waals surface area contributed by atoms with Gasteiger partial charge in [0.2, 0.25) is 0 Å². The van der Waals surface area contributed by atoms with Crippen LogP contribution in [0.2, 0.25) is 0 Å². The van der Waals surface area contributed by atoms with Crippen molar-refractivity contribution in [3.05, 3.63) is 17.7 Å². The Morgan fingerprint density at radius 3 is 2.60 bits per heavy atom. The van der Waals surface area contributed by atoms with E-state index in [1.54, 1.807) is 0 Å². The molecule has 1 aliphatic carbocycles. The van der Waals surface area contributed by atoms with Crippen molar-refractivity contribution >= 4 is 6.98 Å². The third-order valence-corrected chi connectivity index (χ3v) is 2.51. The molecule has 2 nitrogen and oxygen atoms in total. The van der Waals surface area contributed by atoms with Gasteiger partial charge in [-0.3, -0.25) is 0 Å². The summed E-state index contributed by atoms with van der Waals surface area (Å²) in [6, 6.07) is 0. The molecule has 0 fully saturated rings. The number of aryl methyl sites for hydroxylation is 1. The van der Waals surface area contributed by atoms with E-state index in [0.717, 1.165) is 37.1 Å². The zero-order chi connectivity index (χ0) is 10.2. The van der Waals surface area contributed by atoms with Gasteiger partial charge in [0.15, 0.2) is 0 Å². The van der Waals surface area contributed by atoms with Crippen molar-refractivity contribution in [3.8, 4) is 0 Å². The Balaban J connectivity index is 0.00000112. The fourth-order valence-corrected chi connectivity index (χ4v) is 1.91. The molecule has 0 aromatic carbocycles. The number of nitrogens with zero attached hydrogens (tertiary/aromatic N) is 2. The first-order chi connectivity index (χ1) is 6.56. The second-order valence-electron chi connectivity index (χ2n) is 3.71. The number of fused-ring (bicyclic) bond motifs is 1. The van der Waals surface area contributed by atoms with Crippen LogP contribution < -0.4 is 51.4 Å². The average Bonchev–Trinajstić information content (AvgIpc) is 2.47. The van der Waals surface area contributed by atoms with Gasteiger partial charge in [-0.25, -0.2) is 4.98 Å². The van der Waals surface area contributed by atoms with Crippen LogP contribution in [0.5, 0.6) is 0 Å². The second-order valence-corrected chi connectivity index (χ2v) is 3.71. The second kappa shape index (κ2) is 5.36. The van der Waals surface area contributed by atoms with Crippen LogP contribution in [0.25, 0.3) is 0 Å². The van der Waals surface area contributed by atoms with Crippen LogP contribution in [-0.4, -0.2) is 16.5 Å². The number of aromatic nitrogens is 2. The molecular weight excluding hydrogens is 231 g/mol. The molecule has 1 aromatic rings. The third-order valence-electron chi connectivity index (χ3n) is 2.51. The summed E-state index contributed by atoms with van der Waals surface area (Å²) < 4.78 is 37.9. The van der Waals surface area contributed by atoms with E-state index in [2.05, 4.69) is 4.98 Å². The van der Waals surface area contributed by atoms with Crippen molar-refractivity contribution in [1.29, 1.82) is 0 Å². The van der Waals surface area contributed by atoms with Gasteiger partial charge < -0.3 is 17.5 Å². The number of hydrogen-bond donors (Lipinski definition) is 0. The summed E-state index contributed by atoms with van der Waals surface area (Å²) >= 11 is 0. The average molecular weight is 242 g/mol. The van der Waals surface area contributed by atoms with Gasteiger partial charge in [-0.15, -0.1) is 0 Å². The van der Waals surface area contributed by atoms with E-state index < -0.39 is 13.4 Å². The van der Waals surface area contributed by atoms with Gasteiger partial charge in [0.05, 0.1) is 12.0 Å². The Morgan fingerprint density at radius 2 is 1.93 bits per heavy atom. The van der Waals surface area contributed by atoms with Crippen LogP contribution in [0, 0.1) is 0 Å². The predicted molar refractivity (Wildman–Crippen MR) is 47.9 cm³/mol. The molecule has 0 spiro atoms. The van der Waals surface area contributed by atoms with Crippen molar-refractivity contribution in [2.24, 2.45) is 0 Å². The van der Waals surface area contributed by atoms with E-state index in [0.29, 0.717) is 0 Å². The zero-order valence-electron chi connectivity index (χ0n) is 8.72. The first-order valence-electron chi connectivity index (χ1n) is 4.80. The van der Waals surface area contributed by atoms with Gasteiger partial charge in [-0.05, 0) is 32.1 Å². The molecule has 0 atom stereocenters. The monoisotopic (exact) mass is 242 g/mol. The molecule has 0 saturated heterocycles. The first-order valence-corrected chi connectivity index (χ1v) is 4.80. The molecule has 0 aliphatic heterocycles. The third kappa shape index (κ3) is 3.59. The normalized spacial score (nSPS) is 15.7. The Hall–Kier alpha value is 0.701. The van der Waals surface area contributed by atoms with E-state index in [1.807, 2.05) is 0 Å².